The van der Waals surface area contributed by atoms with Crippen molar-refractivity contribution in [2.75, 3.05) is 53.1 Å². The van der Waals surface area contributed by atoms with Gasteiger partial charge < -0.3 is 19.3 Å². The van der Waals surface area contributed by atoms with Crippen LogP contribution in [0.15, 0.2) is 29.2 Å². The van der Waals surface area contributed by atoms with Gasteiger partial charge in [0.15, 0.2) is 0 Å². The van der Waals surface area contributed by atoms with Gasteiger partial charge in [-0.25, -0.2) is 0 Å². The number of nitrogens with zero attached hydrogens (tertiary/aromatic N) is 3. The number of carbonyl (C=O) groups is 2. The highest BCUT2D eigenvalue weighted by atomic mass is 32.2. The Morgan fingerprint density at radius 2 is 1.84 bits per heavy atom. The highest BCUT2D eigenvalue weighted by molar-refractivity contribution is 7.98. The minimum atomic E-state index is 0.0343. The van der Waals surface area contributed by atoms with Crippen LogP contribution in [0.25, 0.3) is 11.3 Å². The summed E-state index contributed by atoms with van der Waals surface area (Å²) in [4.78, 5) is 28.8. The zero-order valence-corrected chi connectivity index (χ0v) is 19.3. The van der Waals surface area contributed by atoms with E-state index in [9.17, 15) is 9.59 Å². The number of morpholine rings is 1. The number of piperidine rings is 1. The molecular weight excluding hydrogens is 428 g/mol. The molecule has 0 spiro atoms. The molecule has 2 fully saturated rings. The fourth-order valence-electron chi connectivity index (χ4n) is 4.13. The second-order valence-electron chi connectivity index (χ2n) is 7.99. The summed E-state index contributed by atoms with van der Waals surface area (Å²) in [6, 6.07) is 8.20. The highest BCUT2D eigenvalue weighted by Gasteiger charge is 2.28. The van der Waals surface area contributed by atoms with E-state index in [2.05, 4.69) is 22.3 Å². The quantitative estimate of drug-likeness (QED) is 0.761. The lowest BCUT2D eigenvalue weighted by Crippen LogP contribution is -2.41. The predicted octanol–water partition coefficient (Wildman–Crippen LogP) is 2.80. The van der Waals surface area contributed by atoms with E-state index in [4.69, 9.17) is 9.47 Å². The lowest BCUT2D eigenvalue weighted by atomic mass is 10.1. The van der Waals surface area contributed by atoms with E-state index in [1.165, 1.54) is 11.3 Å². The number of likely N-dealkylation sites (tertiary alicyclic amines) is 1. The summed E-state index contributed by atoms with van der Waals surface area (Å²) in [5, 5.41) is 7.36. The number of carbonyl (C=O) groups excluding carboxylic acids is 2. The lowest BCUT2D eigenvalue weighted by molar-refractivity contribution is -0.136. The molecule has 1 aromatic carbocycles. The van der Waals surface area contributed by atoms with Gasteiger partial charge in [-0.2, -0.15) is 5.10 Å². The number of rotatable bonds is 3. The van der Waals surface area contributed by atoms with Crippen LogP contribution in [0.5, 0.6) is 0 Å². The molecule has 2 amide bonds. The number of methoxy groups -OCH3 is 1. The summed E-state index contributed by atoms with van der Waals surface area (Å²) in [6.07, 6.45) is 3.56. The molecule has 2 saturated heterocycles. The Morgan fingerprint density at radius 3 is 2.59 bits per heavy atom. The van der Waals surface area contributed by atoms with Crippen molar-refractivity contribution < 1.29 is 19.1 Å². The Bertz CT molecular complexity index is 936. The fourth-order valence-corrected chi connectivity index (χ4v) is 5.20. The third-order valence-electron chi connectivity index (χ3n) is 5.87. The number of aromatic amines is 1. The molecule has 0 bridgehead atoms. The van der Waals surface area contributed by atoms with Crippen molar-refractivity contribution in [3.8, 4) is 11.3 Å². The minimum Gasteiger partial charge on any atom is -0.378 e. The summed E-state index contributed by atoms with van der Waals surface area (Å²) in [5.74, 6) is 0.952. The molecule has 1 aromatic heterocycles. The van der Waals surface area contributed by atoms with Gasteiger partial charge in [0.25, 0.3) is 5.91 Å². The lowest BCUT2D eigenvalue weighted by Gasteiger charge is -2.26. The molecule has 9 heteroatoms. The van der Waals surface area contributed by atoms with E-state index in [1.54, 1.807) is 18.9 Å². The van der Waals surface area contributed by atoms with Gasteiger partial charge in [-0.3, -0.25) is 14.7 Å². The van der Waals surface area contributed by atoms with Gasteiger partial charge >= 0.3 is 0 Å². The summed E-state index contributed by atoms with van der Waals surface area (Å²) in [5.41, 5.74) is 3.69. The van der Waals surface area contributed by atoms with Gasteiger partial charge in [0.1, 0.15) is 12.3 Å². The molecule has 0 radical (unpaired) electrons. The maximum Gasteiger partial charge on any atom is 0.272 e. The Kier molecular flexibility index (Phi) is 7.83. The Hall–Kier alpha value is -2.36. The first-order valence-corrected chi connectivity index (χ1v) is 12.1. The van der Waals surface area contributed by atoms with Crippen molar-refractivity contribution in [1.82, 2.24) is 20.0 Å². The highest BCUT2D eigenvalue weighted by Crippen LogP contribution is 2.41. The summed E-state index contributed by atoms with van der Waals surface area (Å²) >= 11 is 1.76. The van der Waals surface area contributed by atoms with Gasteiger partial charge in [-0.1, -0.05) is 18.2 Å². The topological polar surface area (TPSA) is 87.8 Å². The minimum absolute atomic E-state index is 0.0343. The number of benzene rings is 1. The van der Waals surface area contributed by atoms with E-state index in [-0.39, 0.29) is 18.4 Å². The first-order chi connectivity index (χ1) is 15.7. The molecule has 8 nitrogen and oxygen atoms in total. The van der Waals surface area contributed by atoms with Crippen LogP contribution in [0.4, 0.5) is 0 Å². The number of thioether (sulfide) groups is 1. The van der Waals surface area contributed by atoms with Crippen LogP contribution in [0.2, 0.25) is 0 Å². The van der Waals surface area contributed by atoms with E-state index < -0.39 is 0 Å². The van der Waals surface area contributed by atoms with Crippen molar-refractivity contribution in [2.24, 2.45) is 0 Å². The fraction of sp³-hybridized carbons (Fsp3) is 0.522. The smallest absolute Gasteiger partial charge is 0.272 e. The Labute approximate surface area is 192 Å². The molecule has 3 aliphatic heterocycles. The number of aromatic nitrogens is 2. The first-order valence-electron chi connectivity index (χ1n) is 11.1. The Balaban J connectivity index is 0.000000189. The second kappa shape index (κ2) is 11.0. The largest absolute Gasteiger partial charge is 0.378 e. The normalized spacial score (nSPS) is 17.7. The average Bonchev–Trinajstić information content (AvgIpc) is 3.30. The average molecular weight is 459 g/mol. The first kappa shape index (κ1) is 22.8. The maximum atomic E-state index is 12.6. The number of fused-ring (bicyclic) bond motifs is 3. The summed E-state index contributed by atoms with van der Waals surface area (Å²) in [6.45, 7) is 4.59. The predicted molar refractivity (Wildman–Crippen MR) is 123 cm³/mol. The molecule has 3 aliphatic rings. The van der Waals surface area contributed by atoms with Crippen LogP contribution in [0.3, 0.4) is 0 Å². The number of amides is 2. The van der Waals surface area contributed by atoms with E-state index in [0.29, 0.717) is 32.0 Å². The molecule has 0 aliphatic carbocycles. The number of H-pyrrole nitrogens is 1. The second-order valence-corrected chi connectivity index (χ2v) is 9.01. The van der Waals surface area contributed by atoms with E-state index >= 15 is 0 Å². The maximum absolute atomic E-state index is 12.6. The standard InChI is InChI=1S/C15H15N3O2S.C8H15NO2/c19-15(18-5-7-20-8-6-18)14-11-9-21-12-4-2-1-3-10(12)13(11)16-17-14;1-11-7-8(10)9-5-3-2-4-6-9/h1-4H,5-9H2,(H,16,17);2-7H2,1H3. The molecule has 4 heterocycles. The van der Waals surface area contributed by atoms with E-state index in [0.717, 1.165) is 48.5 Å². The number of nitrogens with one attached hydrogen (secondary N) is 1. The van der Waals surface area contributed by atoms with Crippen LogP contribution in [0.1, 0.15) is 35.3 Å². The monoisotopic (exact) mass is 458 g/mol. The summed E-state index contributed by atoms with van der Waals surface area (Å²) in [7, 11) is 1.56. The van der Waals surface area contributed by atoms with Gasteiger partial charge in [0.05, 0.1) is 18.9 Å². The van der Waals surface area contributed by atoms with Crippen molar-refractivity contribution in [3.63, 3.8) is 0 Å². The van der Waals surface area contributed by atoms with Crippen molar-refractivity contribution in [3.05, 3.63) is 35.5 Å². The number of hydrogen-bond acceptors (Lipinski definition) is 6. The van der Waals surface area contributed by atoms with Crippen molar-refractivity contribution >= 4 is 23.6 Å². The van der Waals surface area contributed by atoms with Crippen molar-refractivity contribution in [2.45, 2.75) is 29.9 Å². The third-order valence-corrected chi connectivity index (χ3v) is 6.97. The SMILES string of the molecule is COCC(=O)N1CCCCC1.O=C(c1[nH]nc2c1CSc1ccccc1-2)N1CCOCC1. The summed E-state index contributed by atoms with van der Waals surface area (Å²) < 4.78 is 10.1. The van der Waals surface area contributed by atoms with Crippen LogP contribution >= 0.6 is 11.8 Å². The van der Waals surface area contributed by atoms with Gasteiger partial charge in [0.2, 0.25) is 5.91 Å². The van der Waals surface area contributed by atoms with Crippen LogP contribution < -0.4 is 0 Å². The molecular formula is C23H30N4O4S. The number of ether oxygens (including phenoxy) is 2. The molecule has 1 N–H and O–H groups in total. The molecule has 0 unspecified atom stereocenters. The molecule has 32 heavy (non-hydrogen) atoms. The van der Waals surface area contributed by atoms with Crippen LogP contribution in [0, 0.1) is 0 Å². The third kappa shape index (κ3) is 5.16. The van der Waals surface area contributed by atoms with Gasteiger partial charge in [-0.15, -0.1) is 11.8 Å². The molecule has 172 valence electrons. The molecule has 5 rings (SSSR count). The molecule has 0 saturated carbocycles. The Morgan fingerprint density at radius 1 is 1.09 bits per heavy atom. The zero-order valence-electron chi connectivity index (χ0n) is 18.5. The number of hydrogen-bond donors (Lipinski definition) is 1. The van der Waals surface area contributed by atoms with Gasteiger partial charge in [0, 0.05) is 55.1 Å². The van der Waals surface area contributed by atoms with E-state index in [1.807, 2.05) is 21.9 Å². The zero-order chi connectivity index (χ0) is 22.3. The molecule has 0 atom stereocenters. The van der Waals surface area contributed by atoms with Gasteiger partial charge in [-0.05, 0) is 25.3 Å². The molecule has 2 aromatic rings. The van der Waals surface area contributed by atoms with Crippen molar-refractivity contribution in [1.29, 1.82) is 0 Å². The van der Waals surface area contributed by atoms with Crippen LogP contribution in [-0.4, -0.2) is 84.9 Å². The van der Waals surface area contributed by atoms with Crippen LogP contribution in [-0.2, 0) is 20.0 Å².